The lowest BCUT2D eigenvalue weighted by Gasteiger charge is -2.33. The van der Waals surface area contributed by atoms with Gasteiger partial charge in [0.15, 0.2) is 0 Å². The standard InChI is InChI=1S/C12H20N6O2/c1-16(2)8-9-3-5-17(6-4-9)11-10(18(19)20)7-14-12(13)15-11/h7,9H,3-6,8H2,1-2H3,(H2,13,14,15). The minimum absolute atomic E-state index is 0.0704. The van der Waals surface area contributed by atoms with Crippen LogP contribution in [-0.4, -0.2) is 53.5 Å². The largest absolute Gasteiger partial charge is 0.368 e. The van der Waals surface area contributed by atoms with Crippen molar-refractivity contribution >= 4 is 17.5 Å². The summed E-state index contributed by atoms with van der Waals surface area (Å²) in [6.45, 7) is 2.56. The van der Waals surface area contributed by atoms with Crippen LogP contribution in [0.1, 0.15) is 12.8 Å². The van der Waals surface area contributed by atoms with Gasteiger partial charge in [-0.15, -0.1) is 0 Å². The number of nitrogens with two attached hydrogens (primary N) is 1. The lowest BCUT2D eigenvalue weighted by molar-refractivity contribution is -0.384. The van der Waals surface area contributed by atoms with Crippen LogP contribution in [-0.2, 0) is 0 Å². The molecule has 0 amide bonds. The lowest BCUT2D eigenvalue weighted by atomic mass is 9.96. The summed E-state index contributed by atoms with van der Waals surface area (Å²) < 4.78 is 0. The van der Waals surface area contributed by atoms with Gasteiger partial charge in [-0.25, -0.2) is 4.98 Å². The number of nitrogens with zero attached hydrogens (tertiary/aromatic N) is 5. The predicted molar refractivity (Wildman–Crippen MR) is 76.6 cm³/mol. The molecule has 0 aromatic carbocycles. The average Bonchev–Trinajstić information content (AvgIpc) is 2.38. The summed E-state index contributed by atoms with van der Waals surface area (Å²) in [7, 11) is 4.12. The van der Waals surface area contributed by atoms with Gasteiger partial charge in [0.25, 0.3) is 0 Å². The van der Waals surface area contributed by atoms with Gasteiger partial charge in [0.2, 0.25) is 11.8 Å². The summed E-state index contributed by atoms with van der Waals surface area (Å²) in [5.74, 6) is 1.03. The maximum absolute atomic E-state index is 11.0. The SMILES string of the molecule is CN(C)CC1CCN(c2nc(N)ncc2[N+](=O)[O-])CC1. The highest BCUT2D eigenvalue weighted by Crippen LogP contribution is 2.29. The first kappa shape index (κ1) is 14.4. The number of nitrogen functional groups attached to an aromatic ring is 1. The second kappa shape index (κ2) is 6.00. The van der Waals surface area contributed by atoms with E-state index in [1.807, 2.05) is 4.90 Å². The van der Waals surface area contributed by atoms with Crippen LogP contribution in [0.2, 0.25) is 0 Å². The molecule has 1 aromatic rings. The van der Waals surface area contributed by atoms with Crippen LogP contribution in [0, 0.1) is 16.0 Å². The van der Waals surface area contributed by atoms with Crippen molar-refractivity contribution in [3.63, 3.8) is 0 Å². The number of rotatable bonds is 4. The number of hydrogen-bond acceptors (Lipinski definition) is 7. The molecule has 2 heterocycles. The fraction of sp³-hybridized carbons (Fsp3) is 0.667. The Morgan fingerprint density at radius 2 is 2.15 bits per heavy atom. The normalized spacial score (nSPS) is 16.6. The van der Waals surface area contributed by atoms with Crippen LogP contribution in [0.5, 0.6) is 0 Å². The molecule has 0 bridgehead atoms. The highest BCUT2D eigenvalue weighted by molar-refractivity contribution is 5.58. The molecule has 1 fully saturated rings. The zero-order valence-corrected chi connectivity index (χ0v) is 11.8. The smallest absolute Gasteiger partial charge is 0.329 e. The first-order chi connectivity index (χ1) is 9.47. The molecule has 1 aromatic heterocycles. The third kappa shape index (κ3) is 3.32. The van der Waals surface area contributed by atoms with E-state index in [0.717, 1.165) is 32.5 Å². The summed E-state index contributed by atoms with van der Waals surface area (Å²) in [6, 6.07) is 0. The Hall–Kier alpha value is -1.96. The van der Waals surface area contributed by atoms with Crippen LogP contribution in [0.4, 0.5) is 17.5 Å². The fourth-order valence-corrected chi connectivity index (χ4v) is 2.58. The Morgan fingerprint density at radius 1 is 1.50 bits per heavy atom. The van der Waals surface area contributed by atoms with Crippen molar-refractivity contribution in [2.45, 2.75) is 12.8 Å². The summed E-state index contributed by atoms with van der Waals surface area (Å²) in [5.41, 5.74) is 5.47. The Morgan fingerprint density at radius 3 is 2.70 bits per heavy atom. The van der Waals surface area contributed by atoms with E-state index in [2.05, 4.69) is 29.0 Å². The maximum Gasteiger partial charge on any atom is 0.329 e. The summed E-state index contributed by atoms with van der Waals surface area (Å²) >= 11 is 0. The van der Waals surface area contributed by atoms with Gasteiger partial charge in [0.1, 0.15) is 6.20 Å². The van der Waals surface area contributed by atoms with E-state index in [0.29, 0.717) is 11.7 Å². The second-order valence-corrected chi connectivity index (χ2v) is 5.39. The molecule has 1 saturated heterocycles. The topological polar surface area (TPSA) is 101 Å². The number of hydrogen-bond donors (Lipinski definition) is 1. The van der Waals surface area contributed by atoms with E-state index in [4.69, 9.17) is 5.73 Å². The van der Waals surface area contributed by atoms with Crippen LogP contribution in [0.3, 0.4) is 0 Å². The molecule has 1 aliphatic rings. The quantitative estimate of drug-likeness (QED) is 0.641. The van der Waals surface area contributed by atoms with E-state index >= 15 is 0 Å². The van der Waals surface area contributed by atoms with E-state index < -0.39 is 4.92 Å². The molecular formula is C12H20N6O2. The highest BCUT2D eigenvalue weighted by atomic mass is 16.6. The van der Waals surface area contributed by atoms with Gasteiger partial charge in [0, 0.05) is 19.6 Å². The van der Waals surface area contributed by atoms with Gasteiger partial charge < -0.3 is 15.5 Å². The van der Waals surface area contributed by atoms with Crippen molar-refractivity contribution in [1.29, 1.82) is 0 Å². The van der Waals surface area contributed by atoms with Crippen molar-refractivity contribution in [2.75, 3.05) is 44.4 Å². The van der Waals surface area contributed by atoms with Crippen molar-refractivity contribution < 1.29 is 4.92 Å². The number of aromatic nitrogens is 2. The average molecular weight is 280 g/mol. The molecule has 20 heavy (non-hydrogen) atoms. The lowest BCUT2D eigenvalue weighted by Crippen LogP contribution is -2.38. The maximum atomic E-state index is 11.0. The molecule has 8 nitrogen and oxygen atoms in total. The van der Waals surface area contributed by atoms with Crippen LogP contribution in [0.15, 0.2) is 6.20 Å². The van der Waals surface area contributed by atoms with E-state index in [-0.39, 0.29) is 11.6 Å². The summed E-state index contributed by atoms with van der Waals surface area (Å²) in [4.78, 5) is 22.4. The van der Waals surface area contributed by atoms with Crippen molar-refractivity contribution in [3.05, 3.63) is 16.3 Å². The number of nitro groups is 1. The minimum atomic E-state index is -0.458. The van der Waals surface area contributed by atoms with Crippen LogP contribution < -0.4 is 10.6 Å². The van der Waals surface area contributed by atoms with Gasteiger partial charge in [-0.1, -0.05) is 0 Å². The summed E-state index contributed by atoms with van der Waals surface area (Å²) in [6.07, 6.45) is 3.18. The number of piperidine rings is 1. The van der Waals surface area contributed by atoms with Crippen molar-refractivity contribution in [3.8, 4) is 0 Å². The highest BCUT2D eigenvalue weighted by Gasteiger charge is 2.27. The molecule has 0 unspecified atom stereocenters. The molecule has 0 radical (unpaired) electrons. The first-order valence-electron chi connectivity index (χ1n) is 6.64. The Bertz CT molecular complexity index is 485. The fourth-order valence-electron chi connectivity index (χ4n) is 2.58. The van der Waals surface area contributed by atoms with Gasteiger partial charge in [-0.05, 0) is 32.9 Å². The molecule has 1 aliphatic heterocycles. The Labute approximate surface area is 117 Å². The molecule has 0 saturated carbocycles. The molecule has 0 aliphatic carbocycles. The molecule has 2 N–H and O–H groups in total. The monoisotopic (exact) mass is 280 g/mol. The van der Waals surface area contributed by atoms with Crippen LogP contribution in [0.25, 0.3) is 0 Å². The number of anilines is 2. The molecule has 110 valence electrons. The molecule has 8 heteroatoms. The van der Waals surface area contributed by atoms with Gasteiger partial charge in [0.05, 0.1) is 4.92 Å². The predicted octanol–water partition coefficient (Wildman–Crippen LogP) is 0.745. The third-order valence-corrected chi connectivity index (χ3v) is 3.50. The van der Waals surface area contributed by atoms with E-state index in [9.17, 15) is 10.1 Å². The molecule has 2 rings (SSSR count). The third-order valence-electron chi connectivity index (χ3n) is 3.50. The van der Waals surface area contributed by atoms with Gasteiger partial charge >= 0.3 is 5.69 Å². The minimum Gasteiger partial charge on any atom is -0.368 e. The Balaban J connectivity index is 2.10. The van der Waals surface area contributed by atoms with Crippen molar-refractivity contribution in [1.82, 2.24) is 14.9 Å². The van der Waals surface area contributed by atoms with Gasteiger partial charge in [-0.2, -0.15) is 4.98 Å². The first-order valence-corrected chi connectivity index (χ1v) is 6.64. The van der Waals surface area contributed by atoms with Crippen LogP contribution >= 0.6 is 0 Å². The van der Waals surface area contributed by atoms with E-state index in [1.54, 1.807) is 0 Å². The molecule has 0 atom stereocenters. The zero-order chi connectivity index (χ0) is 14.7. The zero-order valence-electron chi connectivity index (χ0n) is 11.8. The van der Waals surface area contributed by atoms with Gasteiger partial charge in [-0.3, -0.25) is 10.1 Å². The van der Waals surface area contributed by atoms with E-state index in [1.165, 1.54) is 6.20 Å². The van der Waals surface area contributed by atoms with Crippen molar-refractivity contribution in [2.24, 2.45) is 5.92 Å². The second-order valence-electron chi connectivity index (χ2n) is 5.39. The molecule has 0 spiro atoms. The summed E-state index contributed by atoms with van der Waals surface area (Å²) in [5, 5.41) is 11.0. The Kier molecular flexibility index (Phi) is 4.33. The molecular weight excluding hydrogens is 260 g/mol.